The Balaban J connectivity index is 2.34. The normalized spacial score (nSPS) is 10.3. The monoisotopic (exact) mass is 245 g/mol. The van der Waals surface area contributed by atoms with Gasteiger partial charge in [-0.3, -0.25) is 4.79 Å². The zero-order valence-electron chi connectivity index (χ0n) is 10.5. The SMILES string of the molecule is CCOc1ccc(C(C)=O)cc1Cn1cncn1. The third-order valence-corrected chi connectivity index (χ3v) is 2.57. The summed E-state index contributed by atoms with van der Waals surface area (Å²) in [6.45, 7) is 4.60. The smallest absolute Gasteiger partial charge is 0.159 e. The van der Waals surface area contributed by atoms with Gasteiger partial charge >= 0.3 is 0 Å². The number of hydrogen-bond donors (Lipinski definition) is 0. The molecule has 0 unspecified atom stereocenters. The molecule has 2 rings (SSSR count). The van der Waals surface area contributed by atoms with Crippen molar-refractivity contribution < 1.29 is 9.53 Å². The minimum Gasteiger partial charge on any atom is -0.494 e. The van der Waals surface area contributed by atoms with E-state index in [2.05, 4.69) is 10.1 Å². The van der Waals surface area contributed by atoms with E-state index in [-0.39, 0.29) is 5.78 Å². The first-order valence-electron chi connectivity index (χ1n) is 5.79. The van der Waals surface area contributed by atoms with E-state index >= 15 is 0 Å². The Morgan fingerprint density at radius 3 is 2.89 bits per heavy atom. The lowest BCUT2D eigenvalue weighted by atomic mass is 10.1. The molecule has 0 aliphatic carbocycles. The van der Waals surface area contributed by atoms with E-state index in [1.807, 2.05) is 19.1 Å². The highest BCUT2D eigenvalue weighted by Gasteiger charge is 2.08. The van der Waals surface area contributed by atoms with E-state index < -0.39 is 0 Å². The van der Waals surface area contributed by atoms with Crippen LogP contribution in [0.2, 0.25) is 0 Å². The molecule has 0 aliphatic heterocycles. The van der Waals surface area contributed by atoms with Crippen LogP contribution in [-0.4, -0.2) is 27.2 Å². The van der Waals surface area contributed by atoms with E-state index in [9.17, 15) is 4.79 Å². The molecule has 5 nitrogen and oxygen atoms in total. The molecule has 0 bridgehead atoms. The number of hydrogen-bond acceptors (Lipinski definition) is 4. The first-order chi connectivity index (χ1) is 8.70. The van der Waals surface area contributed by atoms with Crippen LogP contribution in [0.25, 0.3) is 0 Å². The van der Waals surface area contributed by atoms with Gasteiger partial charge < -0.3 is 4.74 Å². The molecular formula is C13H15N3O2. The van der Waals surface area contributed by atoms with Crippen molar-refractivity contribution in [3.05, 3.63) is 42.0 Å². The van der Waals surface area contributed by atoms with Crippen LogP contribution in [0.15, 0.2) is 30.9 Å². The summed E-state index contributed by atoms with van der Waals surface area (Å²) in [4.78, 5) is 15.3. The summed E-state index contributed by atoms with van der Waals surface area (Å²) in [6, 6.07) is 5.44. The molecule has 0 spiro atoms. The van der Waals surface area contributed by atoms with Gasteiger partial charge in [-0.25, -0.2) is 9.67 Å². The van der Waals surface area contributed by atoms with Gasteiger partial charge in [-0.2, -0.15) is 5.10 Å². The summed E-state index contributed by atoms with van der Waals surface area (Å²) >= 11 is 0. The highest BCUT2D eigenvalue weighted by atomic mass is 16.5. The zero-order valence-corrected chi connectivity index (χ0v) is 10.5. The van der Waals surface area contributed by atoms with Gasteiger partial charge in [-0.05, 0) is 32.0 Å². The minimum atomic E-state index is 0.0397. The minimum absolute atomic E-state index is 0.0397. The Kier molecular flexibility index (Phi) is 3.72. The van der Waals surface area contributed by atoms with E-state index in [0.29, 0.717) is 18.7 Å². The average Bonchev–Trinajstić information content (AvgIpc) is 2.84. The predicted molar refractivity (Wildman–Crippen MR) is 66.7 cm³/mol. The third-order valence-electron chi connectivity index (χ3n) is 2.57. The maximum Gasteiger partial charge on any atom is 0.159 e. The van der Waals surface area contributed by atoms with E-state index in [0.717, 1.165) is 11.3 Å². The van der Waals surface area contributed by atoms with Crippen LogP contribution in [-0.2, 0) is 6.54 Å². The van der Waals surface area contributed by atoms with Gasteiger partial charge in [-0.1, -0.05) is 0 Å². The van der Waals surface area contributed by atoms with Crippen LogP contribution in [0.1, 0.15) is 29.8 Å². The summed E-state index contributed by atoms with van der Waals surface area (Å²) < 4.78 is 7.24. The fraction of sp³-hybridized carbons (Fsp3) is 0.308. The van der Waals surface area contributed by atoms with Gasteiger partial charge in [0.05, 0.1) is 13.2 Å². The Morgan fingerprint density at radius 2 is 2.28 bits per heavy atom. The van der Waals surface area contributed by atoms with Gasteiger partial charge in [-0.15, -0.1) is 0 Å². The van der Waals surface area contributed by atoms with Crippen molar-refractivity contribution in [2.75, 3.05) is 6.61 Å². The van der Waals surface area contributed by atoms with Crippen LogP contribution >= 0.6 is 0 Å². The Bertz CT molecular complexity index is 535. The zero-order chi connectivity index (χ0) is 13.0. The van der Waals surface area contributed by atoms with Crippen molar-refractivity contribution in [1.82, 2.24) is 14.8 Å². The van der Waals surface area contributed by atoms with Crippen LogP contribution < -0.4 is 4.74 Å². The molecule has 18 heavy (non-hydrogen) atoms. The number of Topliss-reactive ketones (excluding diaryl/α,β-unsaturated/α-hetero) is 1. The van der Waals surface area contributed by atoms with Crippen molar-refractivity contribution >= 4 is 5.78 Å². The van der Waals surface area contributed by atoms with E-state index in [4.69, 9.17) is 4.74 Å². The summed E-state index contributed by atoms with van der Waals surface area (Å²) in [6.07, 6.45) is 3.12. The van der Waals surface area contributed by atoms with Crippen molar-refractivity contribution in [2.24, 2.45) is 0 Å². The largest absolute Gasteiger partial charge is 0.494 e. The summed E-state index contributed by atoms with van der Waals surface area (Å²) in [5, 5.41) is 4.05. The second-order valence-corrected chi connectivity index (χ2v) is 3.90. The fourth-order valence-corrected chi connectivity index (χ4v) is 1.71. The van der Waals surface area contributed by atoms with E-state index in [1.54, 1.807) is 24.0 Å². The van der Waals surface area contributed by atoms with Gasteiger partial charge in [0.15, 0.2) is 5.78 Å². The van der Waals surface area contributed by atoms with Crippen LogP contribution in [0.3, 0.4) is 0 Å². The highest BCUT2D eigenvalue weighted by molar-refractivity contribution is 5.94. The lowest BCUT2D eigenvalue weighted by Crippen LogP contribution is -2.05. The standard InChI is InChI=1S/C13H15N3O2/c1-3-18-13-5-4-11(10(2)17)6-12(13)7-16-9-14-8-15-16/h4-6,8-9H,3,7H2,1-2H3. The molecule has 0 saturated carbocycles. The Morgan fingerprint density at radius 1 is 1.44 bits per heavy atom. The first kappa shape index (κ1) is 12.3. The summed E-state index contributed by atoms with van der Waals surface area (Å²) in [7, 11) is 0. The molecule has 0 atom stereocenters. The van der Waals surface area contributed by atoms with Crippen molar-refractivity contribution in [2.45, 2.75) is 20.4 Å². The van der Waals surface area contributed by atoms with E-state index in [1.165, 1.54) is 6.33 Å². The number of nitrogens with zero attached hydrogens (tertiary/aromatic N) is 3. The van der Waals surface area contributed by atoms with Crippen molar-refractivity contribution in [3.8, 4) is 5.75 Å². The van der Waals surface area contributed by atoms with Crippen LogP contribution in [0.5, 0.6) is 5.75 Å². The molecular weight excluding hydrogens is 230 g/mol. The molecule has 1 aromatic carbocycles. The topological polar surface area (TPSA) is 57.0 Å². The molecule has 0 aliphatic rings. The lowest BCUT2D eigenvalue weighted by molar-refractivity contribution is 0.101. The number of ether oxygens (including phenoxy) is 1. The van der Waals surface area contributed by atoms with Gasteiger partial charge in [0.2, 0.25) is 0 Å². The molecule has 0 N–H and O–H groups in total. The number of ketones is 1. The number of carbonyl (C=O) groups excluding carboxylic acids is 1. The first-order valence-corrected chi connectivity index (χ1v) is 5.79. The van der Waals surface area contributed by atoms with Gasteiger partial charge in [0.1, 0.15) is 18.4 Å². The highest BCUT2D eigenvalue weighted by Crippen LogP contribution is 2.21. The molecule has 0 radical (unpaired) electrons. The number of rotatable bonds is 5. The molecule has 0 amide bonds. The average molecular weight is 245 g/mol. The molecule has 5 heteroatoms. The van der Waals surface area contributed by atoms with Crippen LogP contribution in [0.4, 0.5) is 0 Å². The maximum atomic E-state index is 11.4. The van der Waals surface area contributed by atoms with Crippen molar-refractivity contribution in [3.63, 3.8) is 0 Å². The second kappa shape index (κ2) is 5.44. The number of aromatic nitrogens is 3. The molecule has 1 aromatic heterocycles. The van der Waals surface area contributed by atoms with Crippen LogP contribution in [0, 0.1) is 0 Å². The molecule has 0 fully saturated rings. The van der Waals surface area contributed by atoms with Crippen molar-refractivity contribution in [1.29, 1.82) is 0 Å². The summed E-state index contributed by atoms with van der Waals surface area (Å²) in [5.74, 6) is 0.816. The van der Waals surface area contributed by atoms with Gasteiger partial charge in [0, 0.05) is 11.1 Å². The maximum absolute atomic E-state index is 11.4. The number of benzene rings is 1. The Labute approximate surface area is 105 Å². The lowest BCUT2D eigenvalue weighted by Gasteiger charge is -2.11. The fourth-order valence-electron chi connectivity index (χ4n) is 1.71. The van der Waals surface area contributed by atoms with Gasteiger partial charge in [0.25, 0.3) is 0 Å². The molecule has 2 aromatic rings. The molecule has 94 valence electrons. The number of carbonyl (C=O) groups is 1. The molecule has 1 heterocycles. The second-order valence-electron chi connectivity index (χ2n) is 3.90. The molecule has 0 saturated heterocycles. The summed E-state index contributed by atoms with van der Waals surface area (Å²) in [5.41, 5.74) is 1.60. The Hall–Kier alpha value is -2.17. The quantitative estimate of drug-likeness (QED) is 0.755. The predicted octanol–water partition coefficient (Wildman–Crippen LogP) is 1.93. The third kappa shape index (κ3) is 2.74.